The van der Waals surface area contributed by atoms with Crippen LogP contribution in [0, 0.1) is 0 Å². The lowest BCUT2D eigenvalue weighted by Crippen LogP contribution is -2.25. The van der Waals surface area contributed by atoms with Gasteiger partial charge in [-0.3, -0.25) is 4.79 Å². The van der Waals surface area contributed by atoms with E-state index >= 15 is 0 Å². The zero-order valence-corrected chi connectivity index (χ0v) is 20.7. The number of ether oxygens (including phenoxy) is 3. The quantitative estimate of drug-likeness (QED) is 0.280. The highest BCUT2D eigenvalue weighted by Gasteiger charge is 2.35. The molecule has 1 atom stereocenters. The number of hydrogen-bond donors (Lipinski definition) is 0. The van der Waals surface area contributed by atoms with Gasteiger partial charge in [0, 0.05) is 31.5 Å². The summed E-state index contributed by atoms with van der Waals surface area (Å²) in [5.41, 5.74) is 2.84. The topological polar surface area (TPSA) is 65.8 Å². The molecule has 1 aromatic heterocycles. The maximum atomic E-state index is 13.1. The number of aromatic nitrogens is 2. The molecule has 0 bridgehead atoms. The molecule has 36 heavy (non-hydrogen) atoms. The molecule has 0 saturated carbocycles. The van der Waals surface area contributed by atoms with Crippen molar-refractivity contribution in [2.24, 2.45) is 0 Å². The molecule has 1 amide bonds. The zero-order valence-electron chi connectivity index (χ0n) is 20.7. The molecule has 0 spiro atoms. The van der Waals surface area contributed by atoms with E-state index in [4.69, 9.17) is 19.2 Å². The van der Waals surface area contributed by atoms with E-state index < -0.39 is 0 Å². The van der Waals surface area contributed by atoms with Crippen LogP contribution in [0.3, 0.4) is 0 Å². The molecule has 7 nitrogen and oxygen atoms in total. The molecular weight excluding hydrogens is 454 g/mol. The summed E-state index contributed by atoms with van der Waals surface area (Å²) in [7, 11) is 1.65. The van der Waals surface area contributed by atoms with Gasteiger partial charge in [0.05, 0.1) is 37.0 Å². The van der Waals surface area contributed by atoms with Crippen molar-refractivity contribution in [2.45, 2.75) is 32.2 Å². The molecule has 2 heterocycles. The molecule has 1 unspecified atom stereocenters. The van der Waals surface area contributed by atoms with E-state index in [0.717, 1.165) is 52.8 Å². The highest BCUT2D eigenvalue weighted by Crippen LogP contribution is 2.37. The molecule has 1 fully saturated rings. The molecule has 0 aliphatic carbocycles. The number of carbonyl (C=O) groups is 1. The van der Waals surface area contributed by atoms with Gasteiger partial charge < -0.3 is 23.7 Å². The van der Waals surface area contributed by atoms with E-state index in [1.54, 1.807) is 7.11 Å². The largest absolute Gasteiger partial charge is 0.497 e. The Kier molecular flexibility index (Phi) is 7.07. The minimum atomic E-state index is -0.00103. The van der Waals surface area contributed by atoms with Crippen molar-refractivity contribution in [3.05, 3.63) is 78.6 Å². The second-order valence-corrected chi connectivity index (χ2v) is 8.80. The van der Waals surface area contributed by atoms with Crippen molar-refractivity contribution in [3.63, 3.8) is 0 Å². The van der Waals surface area contributed by atoms with Crippen LogP contribution in [0.25, 0.3) is 11.0 Å². The third kappa shape index (κ3) is 4.87. The van der Waals surface area contributed by atoms with Gasteiger partial charge in [0.1, 0.15) is 23.1 Å². The number of amides is 1. The summed E-state index contributed by atoms with van der Waals surface area (Å²) in [5.74, 6) is 3.33. The number of benzene rings is 3. The lowest BCUT2D eigenvalue weighted by molar-refractivity contribution is -0.117. The Morgan fingerprint density at radius 1 is 0.972 bits per heavy atom. The molecule has 1 aliphatic heterocycles. The summed E-state index contributed by atoms with van der Waals surface area (Å²) in [6.07, 6.45) is 1.23. The Morgan fingerprint density at radius 2 is 1.78 bits per heavy atom. The second kappa shape index (κ2) is 10.7. The van der Waals surface area contributed by atoms with Gasteiger partial charge in [-0.15, -0.1) is 0 Å². The van der Waals surface area contributed by atoms with Crippen LogP contribution >= 0.6 is 0 Å². The average molecular weight is 486 g/mol. The zero-order chi connectivity index (χ0) is 24.9. The van der Waals surface area contributed by atoms with Gasteiger partial charge in [-0.05, 0) is 49.7 Å². The fourth-order valence-corrected chi connectivity index (χ4v) is 4.82. The first kappa shape index (κ1) is 23.7. The van der Waals surface area contributed by atoms with Gasteiger partial charge in [0.15, 0.2) is 0 Å². The first-order chi connectivity index (χ1) is 17.7. The fraction of sp³-hybridized carbons (Fsp3) is 0.310. The Hall–Kier alpha value is -4.00. The predicted molar refractivity (Wildman–Crippen MR) is 140 cm³/mol. The number of imidazole rings is 1. The van der Waals surface area contributed by atoms with Crippen LogP contribution in [0.1, 0.15) is 31.5 Å². The summed E-state index contributed by atoms with van der Waals surface area (Å²) >= 11 is 0. The molecular formula is C29H31N3O4. The van der Waals surface area contributed by atoms with E-state index in [1.807, 2.05) is 78.6 Å². The van der Waals surface area contributed by atoms with E-state index in [2.05, 4.69) is 10.6 Å². The van der Waals surface area contributed by atoms with Crippen LogP contribution in [0.5, 0.6) is 17.2 Å². The predicted octanol–water partition coefficient (Wildman–Crippen LogP) is 5.43. The molecule has 186 valence electrons. The summed E-state index contributed by atoms with van der Waals surface area (Å²) in [5, 5.41) is 0. The molecule has 7 heteroatoms. The van der Waals surface area contributed by atoms with Crippen LogP contribution in [-0.2, 0) is 11.3 Å². The lowest BCUT2D eigenvalue weighted by atomic mass is 10.1. The summed E-state index contributed by atoms with van der Waals surface area (Å²) in [6, 6.07) is 23.5. The number of fused-ring (bicyclic) bond motifs is 1. The first-order valence-electron chi connectivity index (χ1n) is 12.4. The smallest absolute Gasteiger partial charge is 0.227 e. The molecule has 4 aromatic rings. The maximum absolute atomic E-state index is 13.1. The van der Waals surface area contributed by atoms with Crippen molar-refractivity contribution in [1.29, 1.82) is 0 Å². The van der Waals surface area contributed by atoms with Crippen LogP contribution in [0.15, 0.2) is 72.8 Å². The number of para-hydroxylation sites is 4. The third-order valence-electron chi connectivity index (χ3n) is 6.47. The Bertz CT molecular complexity index is 1350. The minimum Gasteiger partial charge on any atom is -0.497 e. The van der Waals surface area contributed by atoms with Crippen molar-refractivity contribution in [2.75, 3.05) is 31.8 Å². The fourth-order valence-electron chi connectivity index (χ4n) is 4.82. The highest BCUT2D eigenvalue weighted by atomic mass is 16.5. The van der Waals surface area contributed by atoms with E-state index in [0.29, 0.717) is 26.2 Å². The summed E-state index contributed by atoms with van der Waals surface area (Å²) in [6.45, 7) is 4.39. The number of aryl methyl sites for hydroxylation is 1. The standard InChI is InChI=1S/C29H31N3O4/c1-3-35-27-15-7-6-14-26(27)32-20-21(18-28(32)33)29-30-24-12-4-5-13-25(24)31(29)16-9-17-36-23-11-8-10-22(19-23)34-2/h4-8,10-15,19,21H,3,9,16-18,20H2,1-2H3. The van der Waals surface area contributed by atoms with Crippen molar-refractivity contribution >= 4 is 22.6 Å². The van der Waals surface area contributed by atoms with E-state index in [1.165, 1.54) is 0 Å². The van der Waals surface area contributed by atoms with Gasteiger partial charge in [0.2, 0.25) is 5.91 Å². The summed E-state index contributed by atoms with van der Waals surface area (Å²) < 4.78 is 19.3. The number of carbonyl (C=O) groups excluding carboxylic acids is 1. The molecule has 1 saturated heterocycles. The number of anilines is 1. The van der Waals surface area contributed by atoms with Crippen LogP contribution in [0.4, 0.5) is 5.69 Å². The van der Waals surface area contributed by atoms with Gasteiger partial charge in [0.25, 0.3) is 0 Å². The van der Waals surface area contributed by atoms with Gasteiger partial charge in [-0.2, -0.15) is 0 Å². The molecule has 5 rings (SSSR count). The number of methoxy groups -OCH3 is 1. The average Bonchev–Trinajstić information content (AvgIpc) is 3.47. The summed E-state index contributed by atoms with van der Waals surface area (Å²) in [4.78, 5) is 19.9. The molecule has 3 aromatic carbocycles. The minimum absolute atomic E-state index is 0.00103. The van der Waals surface area contributed by atoms with E-state index in [9.17, 15) is 4.79 Å². The Morgan fingerprint density at radius 3 is 2.64 bits per heavy atom. The normalized spacial score (nSPS) is 15.4. The van der Waals surface area contributed by atoms with Crippen molar-refractivity contribution < 1.29 is 19.0 Å². The van der Waals surface area contributed by atoms with E-state index in [-0.39, 0.29) is 11.8 Å². The van der Waals surface area contributed by atoms with Gasteiger partial charge >= 0.3 is 0 Å². The lowest BCUT2D eigenvalue weighted by Gasteiger charge is -2.20. The maximum Gasteiger partial charge on any atom is 0.227 e. The third-order valence-corrected chi connectivity index (χ3v) is 6.47. The molecule has 1 aliphatic rings. The Labute approximate surface area is 211 Å². The first-order valence-corrected chi connectivity index (χ1v) is 12.4. The van der Waals surface area contributed by atoms with Crippen LogP contribution < -0.4 is 19.1 Å². The Balaban J connectivity index is 1.34. The van der Waals surface area contributed by atoms with Crippen LogP contribution in [-0.4, -0.2) is 42.3 Å². The monoisotopic (exact) mass is 485 g/mol. The second-order valence-electron chi connectivity index (χ2n) is 8.80. The van der Waals surface area contributed by atoms with Crippen LogP contribution in [0.2, 0.25) is 0 Å². The highest BCUT2D eigenvalue weighted by molar-refractivity contribution is 5.97. The van der Waals surface area contributed by atoms with Gasteiger partial charge in [-0.25, -0.2) is 4.98 Å². The number of hydrogen-bond acceptors (Lipinski definition) is 5. The van der Waals surface area contributed by atoms with Crippen molar-refractivity contribution in [3.8, 4) is 17.2 Å². The number of rotatable bonds is 10. The molecule has 0 radical (unpaired) electrons. The van der Waals surface area contributed by atoms with Gasteiger partial charge in [-0.1, -0.05) is 30.3 Å². The number of nitrogens with zero attached hydrogens (tertiary/aromatic N) is 3. The van der Waals surface area contributed by atoms with Crippen molar-refractivity contribution in [1.82, 2.24) is 9.55 Å². The SMILES string of the molecule is CCOc1ccccc1N1CC(c2nc3ccccc3n2CCCOc2cccc(OC)c2)CC1=O. The molecule has 0 N–H and O–H groups in total.